The Kier molecular flexibility index (Phi) is 3.10. The van der Waals surface area contributed by atoms with Gasteiger partial charge in [0, 0.05) is 12.0 Å². The number of nitrogens with two attached hydrogens (primary N) is 1. The molecule has 0 amide bonds. The Morgan fingerprint density at radius 3 is 2.81 bits per heavy atom. The van der Waals surface area contributed by atoms with Crippen LogP contribution in [0.5, 0.6) is 5.75 Å². The summed E-state index contributed by atoms with van der Waals surface area (Å²) in [5, 5.41) is 3.65. The van der Waals surface area contributed by atoms with Crippen molar-refractivity contribution in [3.05, 3.63) is 41.6 Å². The highest BCUT2D eigenvalue weighted by molar-refractivity contribution is 5.42. The van der Waals surface area contributed by atoms with Gasteiger partial charge in [0.2, 0.25) is 5.88 Å². The molecule has 2 N–H and O–H groups in total. The first-order valence-corrected chi connectivity index (χ1v) is 5.21. The molecule has 0 saturated heterocycles. The van der Waals surface area contributed by atoms with Gasteiger partial charge in [-0.3, -0.25) is 0 Å². The molecule has 1 heterocycles. The second-order valence-corrected chi connectivity index (χ2v) is 3.43. The topological polar surface area (TPSA) is 61.3 Å². The smallest absolute Gasteiger partial charge is 0.225 e. The van der Waals surface area contributed by atoms with E-state index in [4.69, 9.17) is 15.0 Å². The molecule has 1 aromatic carbocycles. The first-order chi connectivity index (χ1) is 7.81. The summed E-state index contributed by atoms with van der Waals surface area (Å²) < 4.78 is 10.4. The molecule has 0 spiro atoms. The first-order valence-electron chi connectivity index (χ1n) is 5.21. The summed E-state index contributed by atoms with van der Waals surface area (Å²) in [5.74, 6) is 1.25. The van der Waals surface area contributed by atoms with Crippen LogP contribution in [0.1, 0.15) is 18.1 Å². The fourth-order valence-corrected chi connectivity index (χ4v) is 1.55. The summed E-state index contributed by atoms with van der Waals surface area (Å²) in [6, 6.07) is 7.88. The van der Waals surface area contributed by atoms with Gasteiger partial charge in [0.25, 0.3) is 0 Å². The van der Waals surface area contributed by atoms with Gasteiger partial charge in [0.15, 0.2) is 0 Å². The third-order valence-corrected chi connectivity index (χ3v) is 2.33. The minimum Gasteiger partial charge on any atom is -0.494 e. The number of para-hydroxylation sites is 1. The van der Waals surface area contributed by atoms with Crippen molar-refractivity contribution < 1.29 is 9.26 Å². The van der Waals surface area contributed by atoms with Crippen molar-refractivity contribution in [3.63, 3.8) is 0 Å². The van der Waals surface area contributed by atoms with Gasteiger partial charge >= 0.3 is 0 Å². The molecular formula is C12H14N2O2. The highest BCUT2D eigenvalue weighted by atomic mass is 16.5. The Morgan fingerprint density at radius 1 is 1.31 bits per heavy atom. The van der Waals surface area contributed by atoms with Crippen molar-refractivity contribution in [2.24, 2.45) is 0 Å². The van der Waals surface area contributed by atoms with E-state index in [0.29, 0.717) is 18.9 Å². The number of rotatable bonds is 4. The zero-order valence-electron chi connectivity index (χ0n) is 9.14. The molecule has 4 nitrogen and oxygen atoms in total. The van der Waals surface area contributed by atoms with E-state index in [9.17, 15) is 0 Å². The van der Waals surface area contributed by atoms with E-state index in [1.165, 1.54) is 0 Å². The Bertz CT molecular complexity index is 466. The average molecular weight is 218 g/mol. The van der Waals surface area contributed by atoms with Gasteiger partial charge in [-0.2, -0.15) is 0 Å². The number of anilines is 1. The van der Waals surface area contributed by atoms with Crippen molar-refractivity contribution in [2.75, 3.05) is 12.3 Å². The van der Waals surface area contributed by atoms with Gasteiger partial charge in [-0.05, 0) is 18.6 Å². The SMILES string of the molecule is CCOc1ccccc1Cc1cnoc1N. The van der Waals surface area contributed by atoms with E-state index in [1.54, 1.807) is 6.20 Å². The Morgan fingerprint density at radius 2 is 2.12 bits per heavy atom. The van der Waals surface area contributed by atoms with Crippen LogP contribution in [-0.2, 0) is 6.42 Å². The normalized spacial score (nSPS) is 10.3. The molecule has 0 aliphatic carbocycles. The Labute approximate surface area is 94.0 Å². The number of ether oxygens (including phenoxy) is 1. The fourth-order valence-electron chi connectivity index (χ4n) is 1.55. The third-order valence-electron chi connectivity index (χ3n) is 2.33. The number of nitrogen functional groups attached to an aromatic ring is 1. The van der Waals surface area contributed by atoms with E-state index in [-0.39, 0.29) is 0 Å². The molecule has 0 radical (unpaired) electrons. The maximum atomic E-state index is 5.64. The zero-order chi connectivity index (χ0) is 11.4. The highest BCUT2D eigenvalue weighted by Crippen LogP contribution is 2.23. The van der Waals surface area contributed by atoms with Gasteiger partial charge in [-0.1, -0.05) is 23.4 Å². The summed E-state index contributed by atoms with van der Waals surface area (Å²) in [6.45, 7) is 2.61. The molecule has 84 valence electrons. The lowest BCUT2D eigenvalue weighted by Gasteiger charge is -2.08. The van der Waals surface area contributed by atoms with Gasteiger partial charge in [0.1, 0.15) is 5.75 Å². The van der Waals surface area contributed by atoms with Crippen molar-refractivity contribution in [3.8, 4) is 5.75 Å². The standard InChI is InChI=1S/C12H14N2O2/c1-2-15-11-6-4-3-5-9(11)7-10-8-14-16-12(10)13/h3-6,8H,2,7,13H2,1H3. The summed E-state index contributed by atoms with van der Waals surface area (Å²) in [6.07, 6.45) is 2.31. The molecule has 0 aliphatic heterocycles. The molecular weight excluding hydrogens is 204 g/mol. The van der Waals surface area contributed by atoms with Crippen LogP contribution in [0.25, 0.3) is 0 Å². The summed E-state index contributed by atoms with van der Waals surface area (Å²) in [5.41, 5.74) is 7.61. The van der Waals surface area contributed by atoms with Crippen LogP contribution in [0, 0.1) is 0 Å². The van der Waals surface area contributed by atoms with Gasteiger partial charge in [-0.15, -0.1) is 0 Å². The predicted octanol–water partition coefficient (Wildman–Crippen LogP) is 2.25. The van der Waals surface area contributed by atoms with Crippen LogP contribution in [0.15, 0.2) is 35.0 Å². The molecule has 2 aromatic rings. The number of hydrogen-bond acceptors (Lipinski definition) is 4. The van der Waals surface area contributed by atoms with Crippen LogP contribution >= 0.6 is 0 Å². The van der Waals surface area contributed by atoms with Gasteiger partial charge < -0.3 is 15.0 Å². The quantitative estimate of drug-likeness (QED) is 0.854. The molecule has 0 aliphatic rings. The average Bonchev–Trinajstić information content (AvgIpc) is 2.68. The Hall–Kier alpha value is -1.97. The zero-order valence-corrected chi connectivity index (χ0v) is 9.14. The van der Waals surface area contributed by atoms with Crippen LogP contribution < -0.4 is 10.5 Å². The van der Waals surface area contributed by atoms with Crippen molar-refractivity contribution in [1.82, 2.24) is 5.16 Å². The van der Waals surface area contributed by atoms with Crippen LogP contribution in [-0.4, -0.2) is 11.8 Å². The molecule has 2 rings (SSSR count). The lowest BCUT2D eigenvalue weighted by atomic mass is 10.1. The predicted molar refractivity (Wildman–Crippen MR) is 61.3 cm³/mol. The van der Waals surface area contributed by atoms with Crippen molar-refractivity contribution in [2.45, 2.75) is 13.3 Å². The monoisotopic (exact) mass is 218 g/mol. The fraction of sp³-hybridized carbons (Fsp3) is 0.250. The summed E-state index contributed by atoms with van der Waals surface area (Å²) in [4.78, 5) is 0. The molecule has 16 heavy (non-hydrogen) atoms. The molecule has 4 heteroatoms. The lowest BCUT2D eigenvalue weighted by molar-refractivity contribution is 0.337. The van der Waals surface area contributed by atoms with Crippen molar-refractivity contribution >= 4 is 5.88 Å². The second kappa shape index (κ2) is 4.70. The minimum atomic E-state index is 0.367. The van der Waals surface area contributed by atoms with E-state index in [1.807, 2.05) is 31.2 Å². The third kappa shape index (κ3) is 2.16. The van der Waals surface area contributed by atoms with Crippen molar-refractivity contribution in [1.29, 1.82) is 0 Å². The number of hydrogen-bond donors (Lipinski definition) is 1. The van der Waals surface area contributed by atoms with E-state index in [0.717, 1.165) is 16.9 Å². The molecule has 1 aromatic heterocycles. The summed E-state index contributed by atoms with van der Waals surface area (Å²) in [7, 11) is 0. The molecule has 0 saturated carbocycles. The lowest BCUT2D eigenvalue weighted by Crippen LogP contribution is -1.98. The van der Waals surface area contributed by atoms with Gasteiger partial charge in [0.05, 0.1) is 12.8 Å². The summed E-state index contributed by atoms with van der Waals surface area (Å²) >= 11 is 0. The molecule has 0 bridgehead atoms. The van der Waals surface area contributed by atoms with E-state index < -0.39 is 0 Å². The molecule has 0 unspecified atom stereocenters. The highest BCUT2D eigenvalue weighted by Gasteiger charge is 2.08. The van der Waals surface area contributed by atoms with E-state index in [2.05, 4.69) is 5.16 Å². The minimum absolute atomic E-state index is 0.367. The number of benzene rings is 1. The largest absolute Gasteiger partial charge is 0.494 e. The van der Waals surface area contributed by atoms with Crippen LogP contribution in [0.4, 0.5) is 5.88 Å². The maximum Gasteiger partial charge on any atom is 0.225 e. The van der Waals surface area contributed by atoms with E-state index >= 15 is 0 Å². The van der Waals surface area contributed by atoms with Crippen LogP contribution in [0.2, 0.25) is 0 Å². The number of aromatic nitrogens is 1. The first kappa shape index (κ1) is 10.5. The van der Waals surface area contributed by atoms with Gasteiger partial charge in [-0.25, -0.2) is 0 Å². The maximum absolute atomic E-state index is 5.64. The molecule has 0 fully saturated rings. The molecule has 0 atom stereocenters. The Balaban J connectivity index is 2.24. The number of nitrogens with zero attached hydrogens (tertiary/aromatic N) is 1. The second-order valence-electron chi connectivity index (χ2n) is 3.43. The van der Waals surface area contributed by atoms with Crippen LogP contribution in [0.3, 0.4) is 0 Å².